The first-order valence-electron chi connectivity index (χ1n) is 8.81. The number of nitrogens with zero attached hydrogens (tertiary/aromatic N) is 4. The minimum Gasteiger partial charge on any atom is -0.446 e. The van der Waals surface area contributed by atoms with Gasteiger partial charge in [0, 0.05) is 11.9 Å². The third-order valence-corrected chi connectivity index (χ3v) is 4.73. The van der Waals surface area contributed by atoms with E-state index < -0.39 is 53.5 Å². The van der Waals surface area contributed by atoms with Crippen LogP contribution < -0.4 is 5.73 Å². The Morgan fingerprint density at radius 2 is 1.97 bits per heavy atom. The Balaban J connectivity index is 2.01. The standard InChI is InChI=1S/C19H13F6N5O2/c1-17(18(21,22)15(19(23,24)25)32-16(27)30-17)14-11(20)4-3-10(29-14)6-13(31)12-5-2-9(7-26)8-28-12/h2-5,8,15H,6H2,1H3,(H2,27,30)/t15?,17-/m1/s1. The minimum absolute atomic E-state index is 0.0846. The van der Waals surface area contributed by atoms with E-state index in [0.717, 1.165) is 12.3 Å². The number of hydrogen-bond acceptors (Lipinski definition) is 7. The third kappa shape index (κ3) is 3.95. The van der Waals surface area contributed by atoms with Gasteiger partial charge in [-0.1, -0.05) is 0 Å². The van der Waals surface area contributed by atoms with Crippen molar-refractivity contribution < 1.29 is 35.9 Å². The fraction of sp³-hybridized carbons (Fsp3) is 0.316. The lowest BCUT2D eigenvalue weighted by molar-refractivity contribution is -0.288. The summed E-state index contributed by atoms with van der Waals surface area (Å²) < 4.78 is 87.7. The van der Waals surface area contributed by atoms with E-state index in [1.807, 2.05) is 6.07 Å². The maximum atomic E-state index is 14.9. The van der Waals surface area contributed by atoms with Gasteiger partial charge in [0.2, 0.25) is 0 Å². The maximum absolute atomic E-state index is 14.9. The van der Waals surface area contributed by atoms with Gasteiger partial charge in [0.05, 0.1) is 12.0 Å². The summed E-state index contributed by atoms with van der Waals surface area (Å²) in [6.07, 6.45) is -8.63. The van der Waals surface area contributed by atoms with Crippen molar-refractivity contribution in [2.45, 2.75) is 37.1 Å². The summed E-state index contributed by atoms with van der Waals surface area (Å²) in [6.45, 7) is 0.542. The quantitative estimate of drug-likeness (QED) is 0.558. The van der Waals surface area contributed by atoms with Crippen molar-refractivity contribution in [1.82, 2.24) is 9.97 Å². The van der Waals surface area contributed by atoms with Gasteiger partial charge in [0.25, 0.3) is 12.1 Å². The highest BCUT2D eigenvalue weighted by Crippen LogP contribution is 2.50. The van der Waals surface area contributed by atoms with Gasteiger partial charge in [-0.3, -0.25) is 14.8 Å². The van der Waals surface area contributed by atoms with Crippen molar-refractivity contribution in [2.24, 2.45) is 10.7 Å². The number of nitriles is 1. The predicted octanol–water partition coefficient (Wildman–Crippen LogP) is 3.04. The zero-order valence-corrected chi connectivity index (χ0v) is 16.1. The molecular formula is C19H13F6N5O2. The van der Waals surface area contributed by atoms with Crippen molar-refractivity contribution >= 4 is 11.8 Å². The van der Waals surface area contributed by atoms with Crippen LogP contribution >= 0.6 is 0 Å². The highest BCUT2D eigenvalue weighted by Gasteiger charge is 2.70. The largest absolute Gasteiger partial charge is 0.446 e. The molecule has 2 N–H and O–H groups in total. The molecule has 0 spiro atoms. The summed E-state index contributed by atoms with van der Waals surface area (Å²) >= 11 is 0. The number of carbonyl (C=O) groups excluding carboxylic acids is 1. The van der Waals surface area contributed by atoms with Crippen LogP contribution in [0.15, 0.2) is 35.5 Å². The summed E-state index contributed by atoms with van der Waals surface area (Å²) in [5.41, 5.74) is 0.750. The molecule has 0 fully saturated rings. The number of alkyl halides is 5. The highest BCUT2D eigenvalue weighted by atomic mass is 19.4. The molecule has 2 aromatic rings. The average molecular weight is 457 g/mol. The van der Waals surface area contributed by atoms with E-state index in [0.29, 0.717) is 13.0 Å². The lowest BCUT2D eigenvalue weighted by Crippen LogP contribution is -2.62. The number of ether oxygens (including phenoxy) is 1. The fourth-order valence-electron chi connectivity index (χ4n) is 3.06. The SMILES string of the molecule is C[C@]1(c2nc(CC(=O)c3ccc(C#N)cn3)ccc2F)N=C(N)OC(C(F)(F)F)C1(F)F. The number of pyridine rings is 2. The van der Waals surface area contributed by atoms with Crippen LogP contribution in [0.25, 0.3) is 0 Å². The molecule has 168 valence electrons. The first-order chi connectivity index (χ1) is 14.8. The Hall–Kier alpha value is -3.69. The molecular weight excluding hydrogens is 444 g/mol. The van der Waals surface area contributed by atoms with Gasteiger partial charge in [0.1, 0.15) is 23.3 Å². The lowest BCUT2D eigenvalue weighted by atomic mass is 9.84. The van der Waals surface area contributed by atoms with E-state index in [-0.39, 0.29) is 17.0 Å². The minimum atomic E-state index is -5.55. The van der Waals surface area contributed by atoms with Crippen LogP contribution in [-0.2, 0) is 16.7 Å². The zero-order valence-electron chi connectivity index (χ0n) is 16.1. The van der Waals surface area contributed by atoms with Crippen LogP contribution in [0.1, 0.15) is 34.4 Å². The molecule has 3 rings (SSSR count). The summed E-state index contributed by atoms with van der Waals surface area (Å²) in [5, 5.41) is 8.76. The first kappa shape index (κ1) is 23.0. The number of aliphatic imine (C=N–C) groups is 1. The maximum Gasteiger partial charge on any atom is 0.431 e. The smallest absolute Gasteiger partial charge is 0.431 e. The van der Waals surface area contributed by atoms with E-state index in [1.54, 1.807) is 0 Å². The molecule has 2 aromatic heterocycles. The number of halogens is 6. The van der Waals surface area contributed by atoms with Crippen molar-refractivity contribution in [3.8, 4) is 6.07 Å². The molecule has 0 saturated carbocycles. The number of Topliss-reactive ketones (excluding diaryl/α,β-unsaturated/α-hetero) is 1. The Kier molecular flexibility index (Phi) is 5.58. The van der Waals surface area contributed by atoms with Crippen LogP contribution in [0.5, 0.6) is 0 Å². The van der Waals surface area contributed by atoms with Crippen LogP contribution in [0.2, 0.25) is 0 Å². The van der Waals surface area contributed by atoms with E-state index in [2.05, 4.69) is 19.7 Å². The fourth-order valence-corrected chi connectivity index (χ4v) is 3.06. The third-order valence-electron chi connectivity index (χ3n) is 4.73. The van der Waals surface area contributed by atoms with Gasteiger partial charge in [-0.2, -0.15) is 27.2 Å². The molecule has 3 heterocycles. The number of amidine groups is 1. The van der Waals surface area contributed by atoms with Gasteiger partial charge in [0.15, 0.2) is 11.3 Å². The number of ketones is 1. The second kappa shape index (κ2) is 7.77. The Bertz CT molecular complexity index is 1130. The summed E-state index contributed by atoms with van der Waals surface area (Å²) in [7, 11) is 0. The van der Waals surface area contributed by atoms with Gasteiger partial charge in [-0.05, 0) is 31.2 Å². The first-order valence-corrected chi connectivity index (χ1v) is 8.81. The van der Waals surface area contributed by atoms with Crippen LogP contribution in [0, 0.1) is 17.1 Å². The molecule has 1 unspecified atom stereocenters. The number of carbonyl (C=O) groups is 1. The average Bonchev–Trinajstić information content (AvgIpc) is 2.71. The Morgan fingerprint density at radius 1 is 1.28 bits per heavy atom. The van der Waals surface area contributed by atoms with Crippen LogP contribution in [0.3, 0.4) is 0 Å². The van der Waals surface area contributed by atoms with E-state index >= 15 is 0 Å². The molecule has 7 nitrogen and oxygen atoms in total. The van der Waals surface area contributed by atoms with E-state index in [9.17, 15) is 31.1 Å². The zero-order chi connectivity index (χ0) is 23.9. The molecule has 1 aliphatic heterocycles. The van der Waals surface area contributed by atoms with Crippen LogP contribution in [0.4, 0.5) is 26.3 Å². The van der Waals surface area contributed by atoms with Gasteiger partial charge >= 0.3 is 12.1 Å². The molecule has 0 aromatic carbocycles. The van der Waals surface area contributed by atoms with E-state index in [1.165, 1.54) is 12.1 Å². The molecule has 0 bridgehead atoms. The van der Waals surface area contributed by atoms with Gasteiger partial charge in [-0.15, -0.1) is 0 Å². The highest BCUT2D eigenvalue weighted by molar-refractivity contribution is 5.95. The van der Waals surface area contributed by atoms with Crippen molar-refractivity contribution in [2.75, 3.05) is 0 Å². The molecule has 0 amide bonds. The number of hydrogen-bond donors (Lipinski definition) is 1. The molecule has 0 saturated heterocycles. The summed E-state index contributed by atoms with van der Waals surface area (Å²) in [5.74, 6) is -6.82. The summed E-state index contributed by atoms with van der Waals surface area (Å²) in [4.78, 5) is 23.1. The molecule has 1 aliphatic rings. The predicted molar refractivity (Wildman–Crippen MR) is 96.0 cm³/mol. The molecule has 13 heteroatoms. The number of nitrogens with two attached hydrogens (primary N) is 1. The summed E-state index contributed by atoms with van der Waals surface area (Å²) in [6, 6.07) is 4.86. The van der Waals surface area contributed by atoms with Crippen molar-refractivity contribution in [3.05, 3.63) is 58.9 Å². The second-order valence-corrected chi connectivity index (χ2v) is 6.96. The number of rotatable bonds is 4. The van der Waals surface area contributed by atoms with Crippen molar-refractivity contribution in [1.29, 1.82) is 5.26 Å². The molecule has 32 heavy (non-hydrogen) atoms. The van der Waals surface area contributed by atoms with Crippen molar-refractivity contribution in [3.63, 3.8) is 0 Å². The topological polar surface area (TPSA) is 114 Å². The van der Waals surface area contributed by atoms with Gasteiger partial charge in [-0.25, -0.2) is 9.38 Å². The molecule has 2 atom stereocenters. The van der Waals surface area contributed by atoms with Gasteiger partial charge < -0.3 is 10.5 Å². The Labute approximate surface area is 176 Å². The second-order valence-electron chi connectivity index (χ2n) is 6.96. The van der Waals surface area contributed by atoms with E-state index in [4.69, 9.17) is 11.0 Å². The number of aromatic nitrogens is 2. The monoisotopic (exact) mass is 457 g/mol. The molecule has 0 radical (unpaired) electrons. The van der Waals surface area contributed by atoms with Crippen LogP contribution in [-0.4, -0.2) is 40.0 Å². The molecule has 0 aliphatic carbocycles. The Morgan fingerprint density at radius 3 is 2.53 bits per heavy atom. The lowest BCUT2D eigenvalue weighted by Gasteiger charge is -2.42. The normalized spacial score (nSPS) is 22.4.